The molecule has 0 heterocycles. The lowest BCUT2D eigenvalue weighted by Gasteiger charge is -2.29. The van der Waals surface area contributed by atoms with Gasteiger partial charge in [0.15, 0.2) is 0 Å². The Morgan fingerprint density at radius 2 is 2.14 bits per heavy atom. The van der Waals surface area contributed by atoms with E-state index >= 15 is 0 Å². The van der Waals surface area contributed by atoms with Gasteiger partial charge in [-0.25, -0.2) is 0 Å². The number of rotatable bonds is 5. The predicted molar refractivity (Wildman–Crippen MR) is 57.3 cm³/mol. The first-order chi connectivity index (χ1) is 6.74. The average Bonchev–Trinajstić information content (AvgIpc) is 2.17. The second kappa shape index (κ2) is 6.38. The normalized spacial score (nSPS) is 30.2. The van der Waals surface area contributed by atoms with Crippen LogP contribution in [0.5, 0.6) is 0 Å². The number of methoxy groups -OCH3 is 1. The van der Waals surface area contributed by atoms with Gasteiger partial charge < -0.3 is 15.2 Å². The zero-order valence-electron chi connectivity index (χ0n) is 9.33. The van der Waals surface area contributed by atoms with Gasteiger partial charge in [0.05, 0.1) is 6.10 Å². The average molecular weight is 201 g/mol. The van der Waals surface area contributed by atoms with Crippen LogP contribution >= 0.6 is 0 Å². The van der Waals surface area contributed by atoms with Crippen LogP contribution in [0.3, 0.4) is 0 Å². The number of nitrogens with one attached hydrogen (secondary N) is 1. The van der Waals surface area contributed by atoms with E-state index in [1.165, 1.54) is 12.8 Å². The summed E-state index contributed by atoms with van der Waals surface area (Å²) in [6, 6.07) is 0.308. The Kier molecular flexibility index (Phi) is 5.45. The molecule has 0 bridgehead atoms. The maximum atomic E-state index is 9.72. The topological polar surface area (TPSA) is 41.5 Å². The summed E-state index contributed by atoms with van der Waals surface area (Å²) < 4.78 is 5.07. The lowest BCUT2D eigenvalue weighted by atomic mass is 9.92. The lowest BCUT2D eigenvalue weighted by Crippen LogP contribution is -2.44. The molecule has 1 saturated carbocycles. The van der Waals surface area contributed by atoms with Gasteiger partial charge in [-0.1, -0.05) is 19.8 Å². The minimum absolute atomic E-state index is 0.140. The molecule has 3 unspecified atom stereocenters. The van der Waals surface area contributed by atoms with Crippen molar-refractivity contribution >= 4 is 0 Å². The van der Waals surface area contributed by atoms with Crippen molar-refractivity contribution in [3.05, 3.63) is 0 Å². The van der Waals surface area contributed by atoms with Gasteiger partial charge >= 0.3 is 0 Å². The molecule has 1 rings (SSSR count). The fourth-order valence-electron chi connectivity index (χ4n) is 2.05. The summed E-state index contributed by atoms with van der Waals surface area (Å²) in [4.78, 5) is 0. The van der Waals surface area contributed by atoms with Crippen molar-refractivity contribution in [2.75, 3.05) is 20.3 Å². The smallest absolute Gasteiger partial charge is 0.0693 e. The zero-order chi connectivity index (χ0) is 10.4. The lowest BCUT2D eigenvalue weighted by molar-refractivity contribution is 0.0846. The quantitative estimate of drug-likeness (QED) is 0.701. The van der Waals surface area contributed by atoms with Crippen molar-refractivity contribution in [3.8, 4) is 0 Å². The molecule has 0 radical (unpaired) electrons. The van der Waals surface area contributed by atoms with E-state index in [4.69, 9.17) is 4.74 Å². The molecular formula is C11H23NO2. The van der Waals surface area contributed by atoms with Crippen molar-refractivity contribution in [2.24, 2.45) is 5.92 Å². The van der Waals surface area contributed by atoms with Gasteiger partial charge in [-0.2, -0.15) is 0 Å². The first kappa shape index (κ1) is 12.0. The van der Waals surface area contributed by atoms with Crippen LogP contribution in [-0.4, -0.2) is 37.5 Å². The van der Waals surface area contributed by atoms with E-state index in [2.05, 4.69) is 12.2 Å². The zero-order valence-corrected chi connectivity index (χ0v) is 9.33. The Morgan fingerprint density at radius 3 is 2.79 bits per heavy atom. The molecule has 2 N–H and O–H groups in total. The van der Waals surface area contributed by atoms with Crippen molar-refractivity contribution in [3.63, 3.8) is 0 Å². The van der Waals surface area contributed by atoms with Gasteiger partial charge in [-0.15, -0.1) is 0 Å². The Bertz CT molecular complexity index is 152. The molecule has 0 amide bonds. The van der Waals surface area contributed by atoms with E-state index in [9.17, 15) is 5.11 Å². The molecule has 0 aromatic rings. The highest BCUT2D eigenvalue weighted by Gasteiger charge is 2.22. The van der Waals surface area contributed by atoms with Crippen LogP contribution in [-0.2, 0) is 4.74 Å². The van der Waals surface area contributed by atoms with Crippen molar-refractivity contribution < 1.29 is 9.84 Å². The fraction of sp³-hybridized carbons (Fsp3) is 1.00. The van der Waals surface area contributed by atoms with E-state index in [-0.39, 0.29) is 6.10 Å². The summed E-state index contributed by atoms with van der Waals surface area (Å²) in [6.07, 6.45) is 4.34. The second-order valence-corrected chi connectivity index (χ2v) is 4.43. The maximum absolute atomic E-state index is 9.72. The van der Waals surface area contributed by atoms with Crippen LogP contribution in [0.1, 0.15) is 32.6 Å². The summed E-state index contributed by atoms with van der Waals surface area (Å²) in [7, 11) is 1.73. The van der Waals surface area contributed by atoms with E-state index in [1.807, 2.05) is 0 Å². The molecule has 1 aliphatic carbocycles. The minimum Gasteiger partial charge on any atom is -0.392 e. The maximum Gasteiger partial charge on any atom is 0.0693 e. The number of ether oxygens (including phenoxy) is 1. The summed E-state index contributed by atoms with van der Waals surface area (Å²) in [5.41, 5.74) is 0. The molecule has 1 fully saturated rings. The highest BCUT2D eigenvalue weighted by atomic mass is 16.5. The molecule has 3 atom stereocenters. The highest BCUT2D eigenvalue weighted by molar-refractivity contribution is 4.80. The Labute approximate surface area is 86.8 Å². The highest BCUT2D eigenvalue weighted by Crippen LogP contribution is 2.18. The van der Waals surface area contributed by atoms with Crippen molar-refractivity contribution in [1.82, 2.24) is 5.32 Å². The van der Waals surface area contributed by atoms with Gasteiger partial charge in [0, 0.05) is 26.3 Å². The standard InChI is InChI=1S/C11H23NO2/c1-9(8-14-2)7-12-10-5-3-4-6-11(10)13/h9-13H,3-8H2,1-2H3. The number of aliphatic hydroxyl groups is 1. The summed E-state index contributed by atoms with van der Waals surface area (Å²) in [5.74, 6) is 0.522. The second-order valence-electron chi connectivity index (χ2n) is 4.43. The van der Waals surface area contributed by atoms with Crippen molar-refractivity contribution in [2.45, 2.75) is 44.8 Å². The Balaban J connectivity index is 2.15. The third-order valence-corrected chi connectivity index (χ3v) is 2.91. The third kappa shape index (κ3) is 3.95. The SMILES string of the molecule is COCC(C)CNC1CCCCC1O. The van der Waals surface area contributed by atoms with Crippen LogP contribution in [0.15, 0.2) is 0 Å². The minimum atomic E-state index is -0.140. The molecule has 0 aliphatic heterocycles. The molecule has 3 nitrogen and oxygen atoms in total. The molecule has 0 spiro atoms. The summed E-state index contributed by atoms with van der Waals surface area (Å²) in [6.45, 7) is 3.89. The first-order valence-electron chi connectivity index (χ1n) is 5.64. The molecule has 0 saturated heterocycles. The van der Waals surface area contributed by atoms with E-state index in [0.29, 0.717) is 12.0 Å². The summed E-state index contributed by atoms with van der Waals surface area (Å²) >= 11 is 0. The van der Waals surface area contributed by atoms with Crippen LogP contribution in [0, 0.1) is 5.92 Å². The van der Waals surface area contributed by atoms with Crippen LogP contribution in [0.25, 0.3) is 0 Å². The molecule has 14 heavy (non-hydrogen) atoms. The van der Waals surface area contributed by atoms with Gasteiger partial charge in [-0.3, -0.25) is 0 Å². The van der Waals surface area contributed by atoms with E-state index in [0.717, 1.165) is 26.0 Å². The fourth-order valence-corrected chi connectivity index (χ4v) is 2.05. The molecule has 0 aromatic heterocycles. The largest absolute Gasteiger partial charge is 0.392 e. The monoisotopic (exact) mass is 201 g/mol. The van der Waals surface area contributed by atoms with Gasteiger partial charge in [0.1, 0.15) is 0 Å². The predicted octanol–water partition coefficient (Wildman–Crippen LogP) is 1.16. The Morgan fingerprint density at radius 1 is 1.43 bits per heavy atom. The van der Waals surface area contributed by atoms with Crippen molar-refractivity contribution in [1.29, 1.82) is 0 Å². The molecule has 0 aromatic carbocycles. The van der Waals surface area contributed by atoms with E-state index < -0.39 is 0 Å². The molecule has 1 aliphatic rings. The first-order valence-corrected chi connectivity index (χ1v) is 5.64. The Hall–Kier alpha value is -0.120. The molecule has 3 heteroatoms. The molecular weight excluding hydrogens is 178 g/mol. The van der Waals surface area contributed by atoms with E-state index in [1.54, 1.807) is 7.11 Å². The van der Waals surface area contributed by atoms with Gasteiger partial charge in [0.2, 0.25) is 0 Å². The third-order valence-electron chi connectivity index (χ3n) is 2.91. The number of hydrogen-bond donors (Lipinski definition) is 2. The number of aliphatic hydroxyl groups excluding tert-OH is 1. The van der Waals surface area contributed by atoms with Crippen LogP contribution in [0.4, 0.5) is 0 Å². The van der Waals surface area contributed by atoms with Gasteiger partial charge in [0.25, 0.3) is 0 Å². The van der Waals surface area contributed by atoms with Crippen LogP contribution in [0.2, 0.25) is 0 Å². The number of hydrogen-bond acceptors (Lipinski definition) is 3. The van der Waals surface area contributed by atoms with Gasteiger partial charge in [-0.05, 0) is 18.8 Å². The summed E-state index contributed by atoms with van der Waals surface area (Å²) in [5, 5.41) is 13.1. The molecule has 84 valence electrons. The van der Waals surface area contributed by atoms with Crippen LogP contribution < -0.4 is 5.32 Å².